The van der Waals surface area contributed by atoms with Gasteiger partial charge >= 0.3 is 5.97 Å². The van der Waals surface area contributed by atoms with E-state index >= 15 is 0 Å². The van der Waals surface area contributed by atoms with Gasteiger partial charge in [0.05, 0.1) is 19.3 Å². The molecule has 3 aromatic heterocycles. The number of methoxy groups -OCH3 is 1. The van der Waals surface area contributed by atoms with Crippen LogP contribution in [0, 0.1) is 20.8 Å². The van der Waals surface area contributed by atoms with Crippen LogP contribution in [0.25, 0.3) is 22.2 Å². The number of pyridine rings is 1. The largest absolute Gasteiger partial charge is 0.467 e. The Kier molecular flexibility index (Phi) is 7.09. The van der Waals surface area contributed by atoms with E-state index in [-0.39, 0.29) is 0 Å². The minimum absolute atomic E-state index is 0.452. The molecule has 0 fully saturated rings. The van der Waals surface area contributed by atoms with Gasteiger partial charge < -0.3 is 14.0 Å². The predicted octanol–water partition coefficient (Wildman–Crippen LogP) is 7.42. The smallest absolute Gasteiger partial charge is 0.339 e. The van der Waals surface area contributed by atoms with Crippen LogP contribution < -0.4 is 0 Å². The molecule has 4 rings (SSSR count). The Morgan fingerprint density at radius 1 is 1.14 bits per heavy atom. The van der Waals surface area contributed by atoms with Crippen LogP contribution in [0.4, 0.5) is 0 Å². The van der Waals surface area contributed by atoms with E-state index in [1.54, 1.807) is 11.3 Å². The van der Waals surface area contributed by atoms with E-state index in [0.29, 0.717) is 5.02 Å². The van der Waals surface area contributed by atoms with Crippen molar-refractivity contribution in [3.8, 4) is 11.1 Å². The van der Waals surface area contributed by atoms with Gasteiger partial charge in [-0.1, -0.05) is 23.7 Å². The predicted molar refractivity (Wildman–Crippen MR) is 143 cm³/mol. The highest BCUT2D eigenvalue weighted by Crippen LogP contribution is 2.42. The number of ether oxygens (including phenoxy) is 2. The highest BCUT2D eigenvalue weighted by molar-refractivity contribution is 7.07. The maximum Gasteiger partial charge on any atom is 0.339 e. The number of carbonyl (C=O) groups excluding carboxylic acids is 1. The molecule has 0 aliphatic rings. The molecule has 3 heterocycles. The Hall–Kier alpha value is -2.67. The zero-order valence-electron chi connectivity index (χ0n) is 21.2. The van der Waals surface area contributed by atoms with Gasteiger partial charge in [-0.25, -0.2) is 9.78 Å². The number of thiophene rings is 1. The molecule has 0 bridgehead atoms. The zero-order chi connectivity index (χ0) is 25.5. The first-order valence-corrected chi connectivity index (χ1v) is 12.9. The van der Waals surface area contributed by atoms with Crippen LogP contribution in [0.2, 0.25) is 5.02 Å². The van der Waals surface area contributed by atoms with E-state index in [9.17, 15) is 4.79 Å². The molecule has 0 unspecified atom stereocenters. The highest BCUT2D eigenvalue weighted by atomic mass is 35.5. The fraction of sp³-hybridized carbons (Fsp3) is 0.357. The van der Waals surface area contributed by atoms with E-state index in [1.165, 1.54) is 12.7 Å². The lowest BCUT2D eigenvalue weighted by Crippen LogP contribution is -2.29. The summed E-state index contributed by atoms with van der Waals surface area (Å²) >= 11 is 7.92. The number of halogens is 1. The van der Waals surface area contributed by atoms with Gasteiger partial charge in [-0.15, -0.1) is 0 Å². The van der Waals surface area contributed by atoms with Crippen molar-refractivity contribution in [2.45, 2.75) is 59.8 Å². The summed E-state index contributed by atoms with van der Waals surface area (Å²) in [6.07, 6.45) is -0.928. The molecule has 0 saturated heterocycles. The summed E-state index contributed by atoms with van der Waals surface area (Å²) in [5.41, 5.74) is 7.11. The summed E-state index contributed by atoms with van der Waals surface area (Å²) in [6, 6.07) is 9.83. The van der Waals surface area contributed by atoms with Gasteiger partial charge in [0, 0.05) is 32.9 Å². The molecule has 0 N–H and O–H groups in total. The Labute approximate surface area is 215 Å². The monoisotopic (exact) mass is 510 g/mol. The second-order valence-corrected chi connectivity index (χ2v) is 11.0. The van der Waals surface area contributed by atoms with Gasteiger partial charge in [0.15, 0.2) is 6.10 Å². The number of esters is 1. The fourth-order valence-corrected chi connectivity index (χ4v) is 5.26. The average molecular weight is 511 g/mol. The van der Waals surface area contributed by atoms with Crippen molar-refractivity contribution in [2.24, 2.45) is 0 Å². The van der Waals surface area contributed by atoms with Crippen LogP contribution >= 0.6 is 22.9 Å². The summed E-state index contributed by atoms with van der Waals surface area (Å²) < 4.78 is 13.8. The van der Waals surface area contributed by atoms with E-state index in [1.807, 2.05) is 52.0 Å². The first kappa shape index (κ1) is 25.4. The molecule has 7 heteroatoms. The molecule has 0 aliphatic carbocycles. The normalized spacial score (nSPS) is 12.8. The standard InChI is InChI=1S/C28H31ClN2O3S/c1-16-18(3)31(14-19-12-13-35-15-19)26-22(16)24(20-8-10-21(29)11-9-20)23(17(2)30-26)25(27(32)33-7)34-28(4,5)6/h8-13,15,25H,14H2,1-7H3/t25-/m0/s1. The van der Waals surface area contributed by atoms with Crippen molar-refractivity contribution in [2.75, 3.05) is 7.11 Å². The summed E-state index contributed by atoms with van der Waals surface area (Å²) in [6.45, 7) is 12.7. The molecule has 4 aromatic rings. The van der Waals surface area contributed by atoms with Crippen molar-refractivity contribution in [1.29, 1.82) is 0 Å². The van der Waals surface area contributed by atoms with Crippen LogP contribution in [0.15, 0.2) is 41.1 Å². The Bertz CT molecular complexity index is 1370. The van der Waals surface area contributed by atoms with E-state index in [0.717, 1.165) is 51.2 Å². The summed E-state index contributed by atoms with van der Waals surface area (Å²) in [7, 11) is 1.39. The van der Waals surface area contributed by atoms with Gasteiger partial charge in [-0.05, 0) is 87.2 Å². The van der Waals surface area contributed by atoms with Crippen molar-refractivity contribution < 1.29 is 14.3 Å². The molecule has 184 valence electrons. The SMILES string of the molecule is COC(=O)[C@@H](OC(C)(C)C)c1c(C)nc2c(c(C)c(C)n2Cc2ccsc2)c1-c1ccc(Cl)cc1. The topological polar surface area (TPSA) is 53.4 Å². The van der Waals surface area contributed by atoms with Crippen molar-refractivity contribution in [3.05, 3.63) is 74.2 Å². The number of hydrogen-bond acceptors (Lipinski definition) is 5. The Morgan fingerprint density at radius 3 is 2.40 bits per heavy atom. The quantitative estimate of drug-likeness (QED) is 0.253. The molecule has 0 saturated carbocycles. The summed E-state index contributed by atoms with van der Waals surface area (Å²) in [5.74, 6) is -0.452. The van der Waals surface area contributed by atoms with Crippen LogP contribution in [-0.4, -0.2) is 28.2 Å². The Balaban J connectivity index is 2.09. The maximum absolute atomic E-state index is 13.1. The minimum atomic E-state index is -0.928. The number of fused-ring (bicyclic) bond motifs is 1. The third-order valence-corrected chi connectivity index (χ3v) is 7.17. The lowest BCUT2D eigenvalue weighted by molar-refractivity contribution is -0.164. The van der Waals surface area contributed by atoms with Crippen LogP contribution in [0.5, 0.6) is 0 Å². The number of carbonyl (C=O) groups is 1. The van der Waals surface area contributed by atoms with Gasteiger partial charge in [-0.2, -0.15) is 11.3 Å². The van der Waals surface area contributed by atoms with E-state index in [4.69, 9.17) is 26.1 Å². The van der Waals surface area contributed by atoms with Gasteiger partial charge in [-0.3, -0.25) is 0 Å². The lowest BCUT2D eigenvalue weighted by Gasteiger charge is -2.28. The first-order chi connectivity index (χ1) is 16.5. The number of benzene rings is 1. The van der Waals surface area contributed by atoms with Gasteiger partial charge in [0.1, 0.15) is 5.65 Å². The van der Waals surface area contributed by atoms with Crippen molar-refractivity contribution >= 4 is 39.9 Å². The molecule has 0 amide bonds. The summed E-state index contributed by atoms with van der Waals surface area (Å²) in [5, 5.41) is 5.90. The highest BCUT2D eigenvalue weighted by Gasteiger charge is 2.34. The average Bonchev–Trinajstić information content (AvgIpc) is 3.39. The lowest BCUT2D eigenvalue weighted by atomic mass is 9.91. The number of nitrogens with zero attached hydrogens (tertiary/aromatic N) is 2. The number of hydrogen-bond donors (Lipinski definition) is 0. The first-order valence-electron chi connectivity index (χ1n) is 11.5. The molecule has 1 atom stereocenters. The maximum atomic E-state index is 13.1. The number of rotatable bonds is 6. The van der Waals surface area contributed by atoms with Crippen LogP contribution in [0.3, 0.4) is 0 Å². The Morgan fingerprint density at radius 2 is 1.83 bits per heavy atom. The molecular formula is C28H31ClN2O3S. The van der Waals surface area contributed by atoms with Gasteiger partial charge in [0.25, 0.3) is 0 Å². The van der Waals surface area contributed by atoms with Crippen molar-refractivity contribution in [1.82, 2.24) is 9.55 Å². The molecule has 5 nitrogen and oxygen atoms in total. The molecule has 1 aromatic carbocycles. The summed E-state index contributed by atoms with van der Waals surface area (Å²) in [4.78, 5) is 18.1. The molecule has 0 aliphatic heterocycles. The van der Waals surface area contributed by atoms with Crippen LogP contribution in [0.1, 0.15) is 55.0 Å². The number of aromatic nitrogens is 2. The molecule has 0 radical (unpaired) electrons. The molecule has 35 heavy (non-hydrogen) atoms. The third-order valence-electron chi connectivity index (χ3n) is 6.19. The number of aryl methyl sites for hydroxylation is 2. The molecular weight excluding hydrogens is 480 g/mol. The van der Waals surface area contributed by atoms with Gasteiger partial charge in [0.2, 0.25) is 0 Å². The minimum Gasteiger partial charge on any atom is -0.467 e. The van der Waals surface area contributed by atoms with Crippen molar-refractivity contribution in [3.63, 3.8) is 0 Å². The van der Waals surface area contributed by atoms with E-state index in [2.05, 4.69) is 35.2 Å². The van der Waals surface area contributed by atoms with E-state index < -0.39 is 17.7 Å². The third kappa shape index (κ3) is 5.01. The second-order valence-electron chi connectivity index (χ2n) is 9.75. The second kappa shape index (κ2) is 9.76. The molecule has 0 spiro atoms. The zero-order valence-corrected chi connectivity index (χ0v) is 22.8. The van der Waals surface area contributed by atoms with Crippen LogP contribution in [-0.2, 0) is 20.8 Å². The fourth-order valence-electron chi connectivity index (χ4n) is 4.48.